The van der Waals surface area contributed by atoms with Gasteiger partial charge in [0.25, 0.3) is 0 Å². The number of ether oxygens (including phenoxy) is 1. The summed E-state index contributed by atoms with van der Waals surface area (Å²) in [6.45, 7) is 3.20. The van der Waals surface area contributed by atoms with Crippen molar-refractivity contribution in [1.82, 2.24) is 0 Å². The van der Waals surface area contributed by atoms with Crippen LogP contribution in [-0.2, 0) is 9.59 Å². The topological polar surface area (TPSA) is 43.4 Å². The molecule has 1 rings (SSSR count). The highest BCUT2D eigenvalue weighted by Gasteiger charge is 2.09. The smallest absolute Gasteiger partial charge is 0.310 e. The van der Waals surface area contributed by atoms with Crippen molar-refractivity contribution in [3.05, 3.63) is 24.3 Å². The Morgan fingerprint density at radius 1 is 1.33 bits per heavy atom. The molecule has 1 aromatic carbocycles. The minimum absolute atomic E-state index is 0.0324. The van der Waals surface area contributed by atoms with E-state index in [4.69, 9.17) is 4.74 Å². The fraction of sp³-hybridized carbons (Fsp3) is 0.273. The molecule has 0 aliphatic rings. The Labute approximate surface area is 92.8 Å². The second-order valence-electron chi connectivity index (χ2n) is 2.87. The van der Waals surface area contributed by atoms with E-state index in [1.165, 1.54) is 6.92 Å². The monoisotopic (exact) mass is 224 g/mol. The summed E-state index contributed by atoms with van der Waals surface area (Å²) in [5, 5.41) is -0.0324. The molecular formula is C11H12O3S. The van der Waals surface area contributed by atoms with Gasteiger partial charge in [0.05, 0.1) is 4.90 Å². The SMILES string of the molecule is CCC(=O)Oc1ccccc1SC(C)=O. The summed E-state index contributed by atoms with van der Waals surface area (Å²) >= 11 is 1.06. The number of hydrogen-bond donors (Lipinski definition) is 0. The van der Waals surface area contributed by atoms with Crippen LogP contribution in [0.3, 0.4) is 0 Å². The number of para-hydroxylation sites is 1. The highest BCUT2D eigenvalue weighted by atomic mass is 32.2. The summed E-state index contributed by atoms with van der Waals surface area (Å²) in [6, 6.07) is 7.00. The molecule has 0 atom stereocenters. The maximum absolute atomic E-state index is 11.1. The lowest BCUT2D eigenvalue weighted by molar-refractivity contribution is -0.134. The predicted octanol–water partition coefficient (Wildman–Crippen LogP) is 2.64. The van der Waals surface area contributed by atoms with Gasteiger partial charge in [0.2, 0.25) is 0 Å². The van der Waals surface area contributed by atoms with Crippen molar-refractivity contribution in [2.45, 2.75) is 25.2 Å². The Balaban J connectivity index is 2.85. The molecule has 0 fully saturated rings. The summed E-state index contributed by atoms with van der Waals surface area (Å²) < 4.78 is 5.08. The molecule has 0 aromatic heterocycles. The third-order valence-corrected chi connectivity index (χ3v) is 2.46. The number of thioether (sulfide) groups is 1. The first-order valence-corrected chi connectivity index (χ1v) is 5.43. The van der Waals surface area contributed by atoms with Gasteiger partial charge in [-0.3, -0.25) is 9.59 Å². The van der Waals surface area contributed by atoms with Crippen LogP contribution in [0.25, 0.3) is 0 Å². The van der Waals surface area contributed by atoms with E-state index in [1.54, 1.807) is 31.2 Å². The standard InChI is InChI=1S/C11H12O3S/c1-3-11(13)14-9-6-4-5-7-10(9)15-8(2)12/h4-7H,3H2,1-2H3. The molecule has 0 heterocycles. The van der Waals surface area contributed by atoms with E-state index in [9.17, 15) is 9.59 Å². The van der Waals surface area contributed by atoms with Crippen LogP contribution in [0.5, 0.6) is 5.75 Å². The summed E-state index contributed by atoms with van der Waals surface area (Å²) in [5.41, 5.74) is 0. The molecule has 0 spiro atoms. The molecule has 15 heavy (non-hydrogen) atoms. The van der Waals surface area contributed by atoms with Gasteiger partial charge in [0.1, 0.15) is 5.75 Å². The van der Waals surface area contributed by atoms with Crippen molar-refractivity contribution in [3.63, 3.8) is 0 Å². The molecule has 0 aliphatic heterocycles. The molecule has 0 aliphatic carbocycles. The Morgan fingerprint density at radius 3 is 2.60 bits per heavy atom. The molecule has 0 bridgehead atoms. The molecule has 3 nitrogen and oxygen atoms in total. The molecule has 0 unspecified atom stereocenters. The highest BCUT2D eigenvalue weighted by Crippen LogP contribution is 2.29. The minimum atomic E-state index is -0.299. The van der Waals surface area contributed by atoms with E-state index in [-0.39, 0.29) is 11.1 Å². The Morgan fingerprint density at radius 2 is 2.00 bits per heavy atom. The average Bonchev–Trinajstić information content (AvgIpc) is 2.20. The molecule has 0 saturated heterocycles. The van der Waals surface area contributed by atoms with Gasteiger partial charge in [-0.2, -0.15) is 0 Å². The lowest BCUT2D eigenvalue weighted by Crippen LogP contribution is -2.06. The lowest BCUT2D eigenvalue weighted by Gasteiger charge is -2.06. The van der Waals surface area contributed by atoms with Crippen molar-refractivity contribution in [2.75, 3.05) is 0 Å². The van der Waals surface area contributed by atoms with Crippen LogP contribution in [0.4, 0.5) is 0 Å². The number of carbonyl (C=O) groups is 2. The van der Waals surface area contributed by atoms with E-state index in [2.05, 4.69) is 0 Å². The van der Waals surface area contributed by atoms with Crippen LogP contribution in [-0.4, -0.2) is 11.1 Å². The van der Waals surface area contributed by atoms with Crippen LogP contribution in [0.2, 0.25) is 0 Å². The number of benzene rings is 1. The Kier molecular flexibility index (Phi) is 4.37. The number of hydrogen-bond acceptors (Lipinski definition) is 4. The second kappa shape index (κ2) is 5.56. The lowest BCUT2D eigenvalue weighted by atomic mass is 10.3. The second-order valence-corrected chi connectivity index (χ2v) is 4.09. The fourth-order valence-electron chi connectivity index (χ4n) is 0.968. The van der Waals surface area contributed by atoms with Gasteiger partial charge in [0, 0.05) is 13.3 Å². The van der Waals surface area contributed by atoms with E-state index >= 15 is 0 Å². The zero-order chi connectivity index (χ0) is 11.3. The van der Waals surface area contributed by atoms with Crippen LogP contribution in [0.15, 0.2) is 29.2 Å². The van der Waals surface area contributed by atoms with Crippen LogP contribution < -0.4 is 4.74 Å². The summed E-state index contributed by atoms with van der Waals surface area (Å²) in [5.74, 6) is 0.149. The molecular weight excluding hydrogens is 212 g/mol. The van der Waals surface area contributed by atoms with Gasteiger partial charge < -0.3 is 4.74 Å². The first kappa shape index (κ1) is 11.8. The van der Waals surface area contributed by atoms with E-state index < -0.39 is 0 Å². The van der Waals surface area contributed by atoms with Crippen LogP contribution in [0.1, 0.15) is 20.3 Å². The fourth-order valence-corrected chi connectivity index (χ4v) is 1.64. The van der Waals surface area contributed by atoms with Gasteiger partial charge in [-0.15, -0.1) is 0 Å². The summed E-state index contributed by atoms with van der Waals surface area (Å²) in [4.78, 5) is 22.7. The van der Waals surface area contributed by atoms with Gasteiger partial charge in [-0.05, 0) is 23.9 Å². The van der Waals surface area contributed by atoms with Gasteiger partial charge in [0.15, 0.2) is 5.12 Å². The third kappa shape index (κ3) is 3.75. The Bertz CT molecular complexity index is 374. The molecule has 0 radical (unpaired) electrons. The van der Waals surface area contributed by atoms with Crippen molar-refractivity contribution in [3.8, 4) is 5.75 Å². The number of esters is 1. The van der Waals surface area contributed by atoms with E-state index in [0.29, 0.717) is 17.1 Å². The predicted molar refractivity (Wildman–Crippen MR) is 58.9 cm³/mol. The average molecular weight is 224 g/mol. The molecule has 1 aromatic rings. The largest absolute Gasteiger partial charge is 0.425 e. The van der Waals surface area contributed by atoms with Crippen LogP contribution >= 0.6 is 11.8 Å². The maximum atomic E-state index is 11.1. The van der Waals surface area contributed by atoms with Crippen molar-refractivity contribution in [2.24, 2.45) is 0 Å². The normalized spacial score (nSPS) is 9.73. The number of rotatable bonds is 3. The van der Waals surface area contributed by atoms with Crippen molar-refractivity contribution in [1.29, 1.82) is 0 Å². The van der Waals surface area contributed by atoms with Gasteiger partial charge in [-0.1, -0.05) is 19.1 Å². The first-order valence-electron chi connectivity index (χ1n) is 4.61. The molecule has 0 amide bonds. The van der Waals surface area contributed by atoms with E-state index in [0.717, 1.165) is 11.8 Å². The molecule has 4 heteroatoms. The van der Waals surface area contributed by atoms with Crippen molar-refractivity contribution < 1.29 is 14.3 Å². The molecule has 0 saturated carbocycles. The minimum Gasteiger partial charge on any atom is -0.425 e. The Hall–Kier alpha value is -1.29. The summed E-state index contributed by atoms with van der Waals surface area (Å²) in [6.07, 6.45) is 0.319. The van der Waals surface area contributed by atoms with E-state index in [1.807, 2.05) is 0 Å². The first-order chi connectivity index (χ1) is 7.13. The zero-order valence-electron chi connectivity index (χ0n) is 8.65. The highest BCUT2D eigenvalue weighted by molar-refractivity contribution is 8.13. The maximum Gasteiger partial charge on any atom is 0.310 e. The molecule has 80 valence electrons. The van der Waals surface area contributed by atoms with Crippen LogP contribution in [0, 0.1) is 0 Å². The molecule has 0 N–H and O–H groups in total. The van der Waals surface area contributed by atoms with Gasteiger partial charge in [-0.25, -0.2) is 0 Å². The number of carbonyl (C=O) groups excluding carboxylic acids is 2. The van der Waals surface area contributed by atoms with Crippen molar-refractivity contribution >= 4 is 22.8 Å². The van der Waals surface area contributed by atoms with Gasteiger partial charge >= 0.3 is 5.97 Å². The quantitative estimate of drug-likeness (QED) is 0.449. The zero-order valence-corrected chi connectivity index (χ0v) is 9.47. The third-order valence-electron chi connectivity index (χ3n) is 1.62. The summed E-state index contributed by atoms with van der Waals surface area (Å²) in [7, 11) is 0.